The SMILES string of the molecule is [B]c1cc(Br)cc(C(=O)NNC=O)c1NC(=O)c1cc(Br)cn1-c1ncccc1Cl. The summed E-state index contributed by atoms with van der Waals surface area (Å²) in [6.07, 6.45) is 3.49. The van der Waals surface area contributed by atoms with Crippen molar-refractivity contribution in [2.75, 3.05) is 5.32 Å². The molecule has 3 N–H and O–H groups in total. The van der Waals surface area contributed by atoms with Crippen molar-refractivity contribution in [3.05, 3.63) is 68.0 Å². The third kappa shape index (κ3) is 4.74. The van der Waals surface area contributed by atoms with Gasteiger partial charge in [-0.05, 0) is 40.2 Å². The molecule has 3 aromatic rings. The summed E-state index contributed by atoms with van der Waals surface area (Å²) in [7, 11) is 6.03. The minimum atomic E-state index is -0.672. The molecule has 2 heterocycles. The molecule has 150 valence electrons. The number of benzene rings is 1. The number of hydrogen-bond acceptors (Lipinski definition) is 4. The molecule has 0 atom stereocenters. The van der Waals surface area contributed by atoms with E-state index in [0.29, 0.717) is 26.2 Å². The third-order valence-electron chi connectivity index (χ3n) is 3.85. The van der Waals surface area contributed by atoms with Crippen LogP contribution in [-0.2, 0) is 4.79 Å². The smallest absolute Gasteiger partial charge is 0.272 e. The number of rotatable bonds is 6. The first-order valence-corrected chi connectivity index (χ1v) is 10.2. The van der Waals surface area contributed by atoms with Crippen LogP contribution >= 0.6 is 43.5 Å². The summed E-state index contributed by atoms with van der Waals surface area (Å²) in [6, 6.07) is 7.88. The number of aromatic nitrogens is 2. The lowest BCUT2D eigenvalue weighted by Gasteiger charge is -2.16. The Balaban J connectivity index is 2.01. The van der Waals surface area contributed by atoms with Gasteiger partial charge in [-0.15, -0.1) is 0 Å². The Bertz CT molecular complexity index is 1150. The van der Waals surface area contributed by atoms with Gasteiger partial charge in [0.25, 0.3) is 11.8 Å². The lowest BCUT2D eigenvalue weighted by atomic mass is 9.91. The van der Waals surface area contributed by atoms with Gasteiger partial charge >= 0.3 is 0 Å². The molecular weight excluding hydrogens is 540 g/mol. The fourth-order valence-electron chi connectivity index (χ4n) is 2.62. The fraction of sp³-hybridized carbons (Fsp3) is 0. The van der Waals surface area contributed by atoms with Gasteiger partial charge in [-0.2, -0.15) is 0 Å². The second-order valence-electron chi connectivity index (χ2n) is 5.81. The predicted octanol–water partition coefficient (Wildman–Crippen LogP) is 2.49. The van der Waals surface area contributed by atoms with Crippen molar-refractivity contribution >= 4 is 80.7 Å². The molecule has 0 saturated carbocycles. The van der Waals surface area contributed by atoms with E-state index in [0.717, 1.165) is 0 Å². The van der Waals surface area contributed by atoms with Crippen LogP contribution in [0.5, 0.6) is 0 Å². The number of carbonyl (C=O) groups excluding carboxylic acids is 3. The average Bonchev–Trinajstić information content (AvgIpc) is 3.09. The Morgan fingerprint density at radius 1 is 1.17 bits per heavy atom. The molecule has 30 heavy (non-hydrogen) atoms. The molecule has 8 nitrogen and oxygen atoms in total. The van der Waals surface area contributed by atoms with Gasteiger partial charge in [-0.1, -0.05) is 39.1 Å². The Morgan fingerprint density at radius 3 is 2.63 bits per heavy atom. The van der Waals surface area contributed by atoms with E-state index in [2.05, 4.69) is 53.0 Å². The maximum absolute atomic E-state index is 13.1. The molecule has 0 bridgehead atoms. The Hall–Kier alpha value is -2.63. The monoisotopic (exact) mass is 549 g/mol. The molecule has 3 amide bonds. The molecule has 0 aliphatic heterocycles. The third-order valence-corrected chi connectivity index (χ3v) is 5.03. The number of hydrazine groups is 1. The molecule has 0 aliphatic carbocycles. The first-order valence-electron chi connectivity index (χ1n) is 8.20. The molecule has 1 aromatic carbocycles. The topological polar surface area (TPSA) is 105 Å². The molecule has 0 unspecified atom stereocenters. The van der Waals surface area contributed by atoms with Gasteiger partial charge in [0, 0.05) is 27.0 Å². The van der Waals surface area contributed by atoms with Gasteiger partial charge in [0.2, 0.25) is 6.41 Å². The second-order valence-corrected chi connectivity index (χ2v) is 8.05. The summed E-state index contributed by atoms with van der Waals surface area (Å²) in [4.78, 5) is 40.1. The molecule has 0 saturated heterocycles. The highest BCUT2D eigenvalue weighted by atomic mass is 79.9. The van der Waals surface area contributed by atoms with E-state index in [9.17, 15) is 14.4 Å². The molecule has 2 aromatic heterocycles. The van der Waals surface area contributed by atoms with Crippen molar-refractivity contribution < 1.29 is 14.4 Å². The first-order chi connectivity index (χ1) is 14.3. The summed E-state index contributed by atoms with van der Waals surface area (Å²) in [5.74, 6) is -0.879. The first kappa shape index (κ1) is 22.1. The predicted molar refractivity (Wildman–Crippen MR) is 120 cm³/mol. The van der Waals surface area contributed by atoms with Crippen molar-refractivity contribution in [3.63, 3.8) is 0 Å². The number of nitrogens with one attached hydrogen (secondary N) is 3. The number of amides is 3. The standard InChI is InChI=1S/C18H11BBr2ClN5O3/c19-12-5-9(20)4-11(17(29)26-24-8-28)15(12)25-18(30)14-6-10(21)7-27(14)16-13(22)2-1-3-23-16/h1-8H,(H,24,28)(H,25,30)(H,26,29). The fourth-order valence-corrected chi connectivity index (χ4v) is 3.73. The molecule has 2 radical (unpaired) electrons. The normalized spacial score (nSPS) is 10.4. The van der Waals surface area contributed by atoms with E-state index >= 15 is 0 Å². The van der Waals surface area contributed by atoms with Gasteiger partial charge in [-0.3, -0.25) is 29.8 Å². The molecule has 12 heteroatoms. The molecule has 0 aliphatic rings. The van der Waals surface area contributed by atoms with Crippen LogP contribution in [0.15, 0.2) is 51.7 Å². The average molecular weight is 551 g/mol. The van der Waals surface area contributed by atoms with Crippen LogP contribution in [0.2, 0.25) is 5.02 Å². The Morgan fingerprint density at radius 2 is 1.93 bits per heavy atom. The zero-order valence-electron chi connectivity index (χ0n) is 14.9. The van der Waals surface area contributed by atoms with Crippen molar-refractivity contribution in [2.45, 2.75) is 0 Å². The quantitative estimate of drug-likeness (QED) is 0.249. The number of halogens is 3. The highest BCUT2D eigenvalue weighted by Crippen LogP contribution is 2.25. The van der Waals surface area contributed by atoms with Gasteiger partial charge in [0.1, 0.15) is 13.5 Å². The number of pyridine rings is 1. The maximum Gasteiger partial charge on any atom is 0.272 e. The lowest BCUT2D eigenvalue weighted by Crippen LogP contribution is -2.37. The molecule has 0 fully saturated rings. The lowest BCUT2D eigenvalue weighted by molar-refractivity contribution is -0.110. The van der Waals surface area contributed by atoms with E-state index in [-0.39, 0.29) is 22.4 Å². The summed E-state index contributed by atoms with van der Waals surface area (Å²) < 4.78 is 2.64. The maximum atomic E-state index is 13.1. The molecular formula is C18H11BBr2ClN5O3. The molecule has 0 spiro atoms. The number of anilines is 1. The van der Waals surface area contributed by atoms with E-state index < -0.39 is 11.8 Å². The van der Waals surface area contributed by atoms with Crippen LogP contribution in [0, 0.1) is 0 Å². The summed E-state index contributed by atoms with van der Waals surface area (Å²) in [6.45, 7) is 0. The van der Waals surface area contributed by atoms with Crippen molar-refractivity contribution in [2.24, 2.45) is 0 Å². The van der Waals surface area contributed by atoms with Gasteiger partial charge < -0.3 is 5.32 Å². The number of carbonyl (C=O) groups is 3. The number of hydrogen-bond donors (Lipinski definition) is 3. The highest BCUT2D eigenvalue weighted by molar-refractivity contribution is 9.10. The minimum absolute atomic E-state index is 0.0395. The largest absolute Gasteiger partial charge is 0.320 e. The highest BCUT2D eigenvalue weighted by Gasteiger charge is 2.21. The molecule has 3 rings (SSSR count). The Labute approximate surface area is 194 Å². The van der Waals surface area contributed by atoms with Gasteiger partial charge in [0.15, 0.2) is 5.82 Å². The second kappa shape index (κ2) is 9.46. The van der Waals surface area contributed by atoms with E-state index in [4.69, 9.17) is 19.4 Å². The van der Waals surface area contributed by atoms with Crippen LogP contribution in [0.25, 0.3) is 5.82 Å². The Kier molecular flexibility index (Phi) is 6.96. The van der Waals surface area contributed by atoms with Crippen molar-refractivity contribution in [3.8, 4) is 5.82 Å². The van der Waals surface area contributed by atoms with E-state index in [1.165, 1.54) is 16.7 Å². The van der Waals surface area contributed by atoms with Crippen LogP contribution < -0.4 is 21.6 Å². The van der Waals surface area contributed by atoms with Gasteiger partial charge in [-0.25, -0.2) is 4.98 Å². The van der Waals surface area contributed by atoms with Crippen molar-refractivity contribution in [1.82, 2.24) is 20.4 Å². The zero-order chi connectivity index (χ0) is 21.8. The van der Waals surface area contributed by atoms with Crippen LogP contribution in [0.3, 0.4) is 0 Å². The van der Waals surface area contributed by atoms with E-state index in [1.54, 1.807) is 30.6 Å². The van der Waals surface area contributed by atoms with Crippen LogP contribution in [0.1, 0.15) is 20.8 Å². The van der Waals surface area contributed by atoms with Crippen molar-refractivity contribution in [1.29, 1.82) is 0 Å². The minimum Gasteiger partial charge on any atom is -0.320 e. The summed E-state index contributed by atoms with van der Waals surface area (Å²) >= 11 is 12.8. The van der Waals surface area contributed by atoms with Gasteiger partial charge in [0.05, 0.1) is 10.6 Å². The van der Waals surface area contributed by atoms with Crippen LogP contribution in [0.4, 0.5) is 5.69 Å². The zero-order valence-corrected chi connectivity index (χ0v) is 18.9. The number of nitrogens with zero attached hydrogens (tertiary/aromatic N) is 2. The summed E-state index contributed by atoms with van der Waals surface area (Å²) in [5.41, 5.74) is 4.69. The van der Waals surface area contributed by atoms with Crippen LogP contribution in [-0.4, -0.2) is 35.6 Å². The summed E-state index contributed by atoms with van der Waals surface area (Å²) in [5, 5.41) is 2.99. The van der Waals surface area contributed by atoms with E-state index in [1.807, 2.05) is 0 Å².